The first-order chi connectivity index (χ1) is 12.2. The van der Waals surface area contributed by atoms with Gasteiger partial charge in [-0.2, -0.15) is 0 Å². The van der Waals surface area contributed by atoms with Crippen molar-refractivity contribution in [2.24, 2.45) is 0 Å². The molecule has 136 valence electrons. The molecule has 1 aromatic carbocycles. The predicted molar refractivity (Wildman–Crippen MR) is 90.6 cm³/mol. The minimum Gasteiger partial charge on any atom is -0.478 e. The van der Waals surface area contributed by atoms with Crippen molar-refractivity contribution in [3.8, 4) is 0 Å². The molecule has 9 heteroatoms. The van der Waals surface area contributed by atoms with Gasteiger partial charge in [0.05, 0.1) is 5.52 Å². The molecule has 2 rings (SSSR count). The number of para-hydroxylation sites is 1. The topological polar surface area (TPSA) is 162 Å². The summed E-state index contributed by atoms with van der Waals surface area (Å²) in [5.41, 5.74) is 1.06. The highest BCUT2D eigenvalue weighted by molar-refractivity contribution is 5.90. The Hall–Kier alpha value is -4.01. The van der Waals surface area contributed by atoms with Gasteiger partial charge in [-0.05, 0) is 12.1 Å². The number of carboxylic acid groups (broad SMARTS) is 4. The fraction of sp³-hybridized carbons (Fsp3) is 0. The van der Waals surface area contributed by atoms with E-state index >= 15 is 0 Å². The van der Waals surface area contributed by atoms with Gasteiger partial charge in [-0.1, -0.05) is 24.3 Å². The fourth-order valence-corrected chi connectivity index (χ4v) is 1.30. The minimum absolute atomic E-state index is 0.558. The molecule has 9 nitrogen and oxygen atoms in total. The molecular weight excluding hydrogens is 346 g/mol. The van der Waals surface area contributed by atoms with Gasteiger partial charge in [0, 0.05) is 35.9 Å². The lowest BCUT2D eigenvalue weighted by atomic mass is 10.2. The molecule has 0 saturated heterocycles. The number of pyridine rings is 1. The highest BCUT2D eigenvalue weighted by Gasteiger charge is 1.89. The maximum Gasteiger partial charge on any atom is 0.328 e. The molecule has 0 saturated carbocycles. The van der Waals surface area contributed by atoms with Crippen molar-refractivity contribution in [2.45, 2.75) is 0 Å². The van der Waals surface area contributed by atoms with E-state index in [1.54, 1.807) is 0 Å². The normalized spacial score (nSPS) is 9.69. The van der Waals surface area contributed by atoms with Crippen molar-refractivity contribution in [1.82, 2.24) is 4.98 Å². The van der Waals surface area contributed by atoms with Crippen molar-refractivity contribution in [3.63, 3.8) is 0 Å². The lowest BCUT2D eigenvalue weighted by molar-refractivity contribution is -0.134. The molecule has 1 aromatic heterocycles. The van der Waals surface area contributed by atoms with Crippen LogP contribution >= 0.6 is 0 Å². The van der Waals surface area contributed by atoms with Gasteiger partial charge in [0.15, 0.2) is 0 Å². The Kier molecular flexibility index (Phi) is 10.5. The molecule has 0 amide bonds. The summed E-state index contributed by atoms with van der Waals surface area (Å²) < 4.78 is 0. The van der Waals surface area contributed by atoms with E-state index in [4.69, 9.17) is 20.4 Å². The first-order valence-corrected chi connectivity index (χ1v) is 6.80. The van der Waals surface area contributed by atoms with Crippen LogP contribution in [0.3, 0.4) is 0 Å². The summed E-state index contributed by atoms with van der Waals surface area (Å²) in [5.74, 6) is -5.03. The zero-order valence-electron chi connectivity index (χ0n) is 13.2. The number of fused-ring (bicyclic) bond motifs is 1. The third kappa shape index (κ3) is 12.5. The number of rotatable bonds is 4. The number of aromatic nitrogens is 1. The Morgan fingerprint density at radius 1 is 0.654 bits per heavy atom. The van der Waals surface area contributed by atoms with Crippen LogP contribution in [0.1, 0.15) is 0 Å². The number of carbonyl (C=O) groups is 4. The molecule has 0 radical (unpaired) electrons. The molecule has 1 heterocycles. The third-order valence-corrected chi connectivity index (χ3v) is 2.25. The lowest BCUT2D eigenvalue weighted by Crippen LogP contribution is -1.91. The molecular formula is C17H15NO8. The first kappa shape index (κ1) is 22.0. The Morgan fingerprint density at radius 2 is 1.04 bits per heavy atom. The molecule has 0 spiro atoms. The van der Waals surface area contributed by atoms with E-state index in [0.29, 0.717) is 24.3 Å². The lowest BCUT2D eigenvalue weighted by Gasteiger charge is -1.91. The quantitative estimate of drug-likeness (QED) is 0.593. The van der Waals surface area contributed by atoms with Crippen molar-refractivity contribution in [2.75, 3.05) is 0 Å². The summed E-state index contributed by atoms with van der Waals surface area (Å²) in [6, 6.07) is 12.1. The molecule has 0 aliphatic rings. The Bertz CT molecular complexity index is 695. The van der Waals surface area contributed by atoms with Crippen LogP contribution in [0.5, 0.6) is 0 Å². The van der Waals surface area contributed by atoms with Crippen LogP contribution in [-0.2, 0) is 19.2 Å². The Balaban J connectivity index is 0.000000366. The second-order valence-electron chi connectivity index (χ2n) is 4.22. The van der Waals surface area contributed by atoms with Gasteiger partial charge >= 0.3 is 23.9 Å². The van der Waals surface area contributed by atoms with Crippen LogP contribution in [0.15, 0.2) is 66.9 Å². The number of aliphatic carboxylic acids is 4. The van der Waals surface area contributed by atoms with Crippen molar-refractivity contribution < 1.29 is 39.6 Å². The first-order valence-electron chi connectivity index (χ1n) is 6.80. The fourth-order valence-electron chi connectivity index (χ4n) is 1.30. The van der Waals surface area contributed by atoms with Crippen LogP contribution in [-0.4, -0.2) is 49.3 Å². The molecule has 0 unspecified atom stereocenters. The molecule has 0 fully saturated rings. The van der Waals surface area contributed by atoms with Gasteiger partial charge in [0.2, 0.25) is 0 Å². The van der Waals surface area contributed by atoms with Gasteiger partial charge in [-0.15, -0.1) is 0 Å². The molecule has 2 aromatic rings. The SMILES string of the molecule is O=C(O)C=CC(=O)O.O=C(O)C=CC(=O)O.c1ccc2ncccc2c1. The summed E-state index contributed by atoms with van der Waals surface area (Å²) in [6.07, 6.45) is 4.04. The molecule has 0 atom stereocenters. The summed E-state index contributed by atoms with van der Waals surface area (Å²) in [4.78, 5) is 42.4. The van der Waals surface area contributed by atoms with E-state index in [1.165, 1.54) is 5.39 Å². The van der Waals surface area contributed by atoms with E-state index in [1.807, 2.05) is 30.5 Å². The van der Waals surface area contributed by atoms with Crippen LogP contribution in [0.25, 0.3) is 10.9 Å². The second kappa shape index (κ2) is 12.4. The largest absolute Gasteiger partial charge is 0.478 e. The van der Waals surface area contributed by atoms with E-state index in [-0.39, 0.29) is 0 Å². The van der Waals surface area contributed by atoms with Crippen molar-refractivity contribution in [1.29, 1.82) is 0 Å². The van der Waals surface area contributed by atoms with E-state index in [2.05, 4.69) is 17.1 Å². The maximum absolute atomic E-state index is 9.55. The van der Waals surface area contributed by atoms with E-state index in [9.17, 15) is 19.2 Å². The zero-order valence-corrected chi connectivity index (χ0v) is 13.2. The van der Waals surface area contributed by atoms with Crippen molar-refractivity contribution >= 4 is 34.8 Å². The highest BCUT2D eigenvalue weighted by Crippen LogP contribution is 2.07. The van der Waals surface area contributed by atoms with Gasteiger partial charge in [0.25, 0.3) is 0 Å². The zero-order chi connectivity index (χ0) is 19.9. The van der Waals surface area contributed by atoms with Gasteiger partial charge in [0.1, 0.15) is 0 Å². The number of hydrogen-bond acceptors (Lipinski definition) is 5. The van der Waals surface area contributed by atoms with Gasteiger partial charge in [-0.25, -0.2) is 19.2 Å². The molecule has 26 heavy (non-hydrogen) atoms. The molecule has 0 aliphatic heterocycles. The van der Waals surface area contributed by atoms with Crippen LogP contribution in [0.2, 0.25) is 0 Å². The summed E-state index contributed by atoms with van der Waals surface area (Å²) in [5, 5.41) is 32.4. The summed E-state index contributed by atoms with van der Waals surface area (Å²) in [7, 11) is 0. The maximum atomic E-state index is 9.55. The molecule has 0 aliphatic carbocycles. The number of carboxylic acids is 4. The number of hydrogen-bond donors (Lipinski definition) is 4. The van der Waals surface area contributed by atoms with Gasteiger partial charge < -0.3 is 20.4 Å². The number of benzene rings is 1. The van der Waals surface area contributed by atoms with E-state index < -0.39 is 23.9 Å². The van der Waals surface area contributed by atoms with Gasteiger partial charge in [-0.3, -0.25) is 4.98 Å². The second-order valence-corrected chi connectivity index (χ2v) is 4.22. The third-order valence-electron chi connectivity index (χ3n) is 2.25. The van der Waals surface area contributed by atoms with Crippen LogP contribution < -0.4 is 0 Å². The van der Waals surface area contributed by atoms with Crippen molar-refractivity contribution in [3.05, 3.63) is 66.9 Å². The van der Waals surface area contributed by atoms with Crippen LogP contribution in [0, 0.1) is 0 Å². The monoisotopic (exact) mass is 361 g/mol. The molecule has 4 N–H and O–H groups in total. The standard InChI is InChI=1S/C9H7N.2C4H4O4/c1-2-6-9-8(4-1)5-3-7-10-9;2*5-3(6)1-2-4(7)8/h1-7H;2*1-2H,(H,5,6)(H,7,8). The number of nitrogens with zero attached hydrogens (tertiary/aromatic N) is 1. The Morgan fingerprint density at radius 3 is 1.42 bits per heavy atom. The smallest absolute Gasteiger partial charge is 0.328 e. The summed E-state index contributed by atoms with van der Waals surface area (Å²) >= 11 is 0. The predicted octanol–water partition coefficient (Wildman–Crippen LogP) is 1.66. The van der Waals surface area contributed by atoms with Crippen LogP contribution in [0.4, 0.5) is 0 Å². The Labute approximate surface area is 147 Å². The average molecular weight is 361 g/mol. The highest BCUT2D eigenvalue weighted by atomic mass is 16.4. The average Bonchev–Trinajstić information content (AvgIpc) is 2.59. The minimum atomic E-state index is -1.26. The molecule has 0 bridgehead atoms. The van der Waals surface area contributed by atoms with E-state index in [0.717, 1.165) is 5.52 Å². The summed E-state index contributed by atoms with van der Waals surface area (Å²) in [6.45, 7) is 0.